The number of hydrogen-bond donors (Lipinski definition) is 3. The molecule has 2 amide bonds. The van der Waals surface area contributed by atoms with Crippen LogP contribution in [0.15, 0.2) is 42.5 Å². The van der Waals surface area contributed by atoms with Crippen LogP contribution in [0.5, 0.6) is 5.75 Å². The maximum Gasteiger partial charge on any atom is 0.276 e. The molecule has 0 fully saturated rings. The van der Waals surface area contributed by atoms with Gasteiger partial charge in [-0.2, -0.15) is 0 Å². The molecule has 0 saturated carbocycles. The highest BCUT2D eigenvalue weighted by molar-refractivity contribution is 7.80. The number of carbonyl (C=O) groups excluding carboxylic acids is 2. The van der Waals surface area contributed by atoms with Crippen molar-refractivity contribution in [3.05, 3.63) is 63.1 Å². The second-order valence-corrected chi connectivity index (χ2v) is 6.91. The predicted molar refractivity (Wildman–Crippen MR) is 109 cm³/mol. The maximum atomic E-state index is 11.9. The van der Waals surface area contributed by atoms with Crippen LogP contribution in [0, 0.1) is 0 Å². The average molecular weight is 447 g/mol. The fourth-order valence-corrected chi connectivity index (χ4v) is 2.64. The van der Waals surface area contributed by atoms with Crippen LogP contribution in [0.1, 0.15) is 5.56 Å². The Morgan fingerprint density at radius 1 is 0.926 bits per heavy atom. The van der Waals surface area contributed by atoms with E-state index in [2.05, 4.69) is 16.2 Å². The highest BCUT2D eigenvalue weighted by atomic mass is 35.5. The Morgan fingerprint density at radius 3 is 2.26 bits per heavy atom. The zero-order valence-corrected chi connectivity index (χ0v) is 16.8. The number of thiocarbonyl (C=S) groups is 1. The number of hydrogen-bond acceptors (Lipinski definition) is 4. The van der Waals surface area contributed by atoms with Gasteiger partial charge in [-0.1, -0.05) is 46.9 Å². The molecule has 0 aromatic heterocycles. The lowest BCUT2D eigenvalue weighted by molar-refractivity contribution is -0.124. The Morgan fingerprint density at radius 2 is 1.59 bits per heavy atom. The maximum absolute atomic E-state index is 11.9. The largest absolute Gasteiger partial charge is 0.482 e. The van der Waals surface area contributed by atoms with Gasteiger partial charge in [-0.3, -0.25) is 20.4 Å². The van der Waals surface area contributed by atoms with Crippen LogP contribution in [0.2, 0.25) is 15.1 Å². The first kappa shape index (κ1) is 21.2. The van der Waals surface area contributed by atoms with Crippen molar-refractivity contribution in [2.75, 3.05) is 6.61 Å². The number of rotatable bonds is 5. The molecule has 10 heteroatoms. The lowest BCUT2D eigenvalue weighted by atomic mass is 10.1. The molecule has 142 valence electrons. The minimum absolute atomic E-state index is 0.0492. The van der Waals surface area contributed by atoms with Crippen LogP contribution in [-0.4, -0.2) is 23.5 Å². The zero-order valence-electron chi connectivity index (χ0n) is 13.7. The molecule has 2 aromatic rings. The Hall–Kier alpha value is -2.06. The minimum Gasteiger partial charge on any atom is -0.482 e. The third-order valence-electron chi connectivity index (χ3n) is 3.10. The number of nitrogens with one attached hydrogen (secondary N) is 3. The van der Waals surface area contributed by atoms with E-state index in [0.717, 1.165) is 5.56 Å². The molecule has 0 unspecified atom stereocenters. The van der Waals surface area contributed by atoms with Crippen LogP contribution in [0.4, 0.5) is 0 Å². The summed E-state index contributed by atoms with van der Waals surface area (Å²) in [5.74, 6) is -0.543. The zero-order chi connectivity index (χ0) is 19.8. The molecule has 0 radical (unpaired) electrons. The number of halogens is 3. The van der Waals surface area contributed by atoms with Gasteiger partial charge in [-0.25, -0.2) is 0 Å². The van der Waals surface area contributed by atoms with E-state index in [4.69, 9.17) is 51.8 Å². The van der Waals surface area contributed by atoms with Crippen LogP contribution < -0.4 is 20.9 Å². The number of hydrazine groups is 1. The number of ether oxygens (including phenoxy) is 1. The summed E-state index contributed by atoms with van der Waals surface area (Å²) in [7, 11) is 0. The second-order valence-electron chi connectivity index (χ2n) is 5.22. The fraction of sp³-hybridized carbons (Fsp3) is 0.118. The molecular weight excluding hydrogens is 433 g/mol. The van der Waals surface area contributed by atoms with Crippen LogP contribution >= 0.6 is 47.0 Å². The summed E-state index contributed by atoms with van der Waals surface area (Å²) in [5.41, 5.74) is 5.49. The highest BCUT2D eigenvalue weighted by Crippen LogP contribution is 2.27. The van der Waals surface area contributed by atoms with E-state index in [-0.39, 0.29) is 29.1 Å². The molecular formula is C17H14Cl3N3O3S. The normalized spacial score (nSPS) is 10.0. The minimum atomic E-state index is -0.518. The predicted octanol–water partition coefficient (Wildman–Crippen LogP) is 3.29. The lowest BCUT2D eigenvalue weighted by Crippen LogP contribution is -2.49. The number of carbonyl (C=O) groups is 2. The third kappa shape index (κ3) is 7.60. The molecule has 0 aliphatic carbocycles. The van der Waals surface area contributed by atoms with Gasteiger partial charge in [-0.05, 0) is 48.1 Å². The van der Waals surface area contributed by atoms with E-state index in [1.54, 1.807) is 36.4 Å². The Balaban J connectivity index is 1.70. The second kappa shape index (κ2) is 10.3. The van der Waals surface area contributed by atoms with E-state index in [9.17, 15) is 9.59 Å². The SMILES string of the molecule is O=C(COc1ccc(Cl)cc1Cl)NNC(=S)NC(=O)Cc1ccc(Cl)cc1. The molecule has 0 saturated heterocycles. The summed E-state index contributed by atoms with van der Waals surface area (Å²) in [5, 5.41) is 3.72. The molecule has 0 bridgehead atoms. The van der Waals surface area contributed by atoms with Gasteiger partial charge < -0.3 is 10.1 Å². The Kier molecular flexibility index (Phi) is 8.12. The molecule has 2 aromatic carbocycles. The van der Waals surface area contributed by atoms with Crippen molar-refractivity contribution < 1.29 is 14.3 Å². The van der Waals surface area contributed by atoms with Gasteiger partial charge in [0.15, 0.2) is 11.7 Å². The van der Waals surface area contributed by atoms with Gasteiger partial charge in [0.2, 0.25) is 5.91 Å². The third-order valence-corrected chi connectivity index (χ3v) is 4.09. The number of benzene rings is 2. The van der Waals surface area contributed by atoms with E-state index in [0.29, 0.717) is 15.8 Å². The summed E-state index contributed by atoms with van der Waals surface area (Å²) in [6.45, 7) is -0.310. The first-order valence-corrected chi connectivity index (χ1v) is 9.08. The fourth-order valence-electron chi connectivity index (χ4n) is 1.89. The van der Waals surface area contributed by atoms with Crippen molar-refractivity contribution in [2.45, 2.75) is 6.42 Å². The van der Waals surface area contributed by atoms with Crippen molar-refractivity contribution in [3.63, 3.8) is 0 Å². The molecule has 0 heterocycles. The first-order chi connectivity index (χ1) is 12.8. The van der Waals surface area contributed by atoms with Gasteiger partial charge in [-0.15, -0.1) is 0 Å². The molecule has 27 heavy (non-hydrogen) atoms. The van der Waals surface area contributed by atoms with Crippen LogP contribution in [-0.2, 0) is 16.0 Å². The van der Waals surface area contributed by atoms with Crippen molar-refractivity contribution in [1.29, 1.82) is 0 Å². The van der Waals surface area contributed by atoms with Gasteiger partial charge in [0.05, 0.1) is 11.4 Å². The molecule has 0 aliphatic heterocycles. The molecule has 2 rings (SSSR count). The lowest BCUT2D eigenvalue weighted by Gasteiger charge is -2.12. The molecule has 0 atom stereocenters. The van der Waals surface area contributed by atoms with Crippen molar-refractivity contribution in [1.82, 2.24) is 16.2 Å². The van der Waals surface area contributed by atoms with E-state index < -0.39 is 5.91 Å². The smallest absolute Gasteiger partial charge is 0.276 e. The van der Waals surface area contributed by atoms with E-state index >= 15 is 0 Å². The van der Waals surface area contributed by atoms with Gasteiger partial charge in [0, 0.05) is 10.0 Å². The number of amides is 2. The van der Waals surface area contributed by atoms with E-state index in [1.165, 1.54) is 6.07 Å². The Labute approximate surface area is 176 Å². The molecule has 0 aliphatic rings. The van der Waals surface area contributed by atoms with Gasteiger partial charge in [0.25, 0.3) is 5.91 Å². The van der Waals surface area contributed by atoms with Gasteiger partial charge >= 0.3 is 0 Å². The summed E-state index contributed by atoms with van der Waals surface area (Å²) >= 11 is 22.5. The van der Waals surface area contributed by atoms with Gasteiger partial charge in [0.1, 0.15) is 5.75 Å². The van der Waals surface area contributed by atoms with Crippen molar-refractivity contribution >= 4 is 63.9 Å². The molecule has 6 nitrogen and oxygen atoms in total. The van der Waals surface area contributed by atoms with Crippen LogP contribution in [0.3, 0.4) is 0 Å². The van der Waals surface area contributed by atoms with Crippen LogP contribution in [0.25, 0.3) is 0 Å². The summed E-state index contributed by atoms with van der Waals surface area (Å²) in [4.78, 5) is 23.6. The van der Waals surface area contributed by atoms with Crippen molar-refractivity contribution in [2.24, 2.45) is 0 Å². The first-order valence-electron chi connectivity index (χ1n) is 7.54. The van der Waals surface area contributed by atoms with E-state index in [1.807, 2.05) is 0 Å². The summed E-state index contributed by atoms with van der Waals surface area (Å²) in [6.07, 6.45) is 0.116. The van der Waals surface area contributed by atoms with Crippen molar-refractivity contribution in [3.8, 4) is 5.75 Å². The monoisotopic (exact) mass is 445 g/mol. The molecule has 3 N–H and O–H groups in total. The summed E-state index contributed by atoms with van der Waals surface area (Å²) < 4.78 is 5.27. The summed E-state index contributed by atoms with van der Waals surface area (Å²) in [6, 6.07) is 11.5. The standard InChI is InChI=1S/C17H14Cl3N3O3S/c18-11-3-1-10(2-4-11)7-15(24)21-17(27)23-22-16(25)9-26-14-6-5-12(19)8-13(14)20/h1-6,8H,7,9H2,(H,22,25)(H2,21,23,24,27). The topological polar surface area (TPSA) is 79.5 Å². The highest BCUT2D eigenvalue weighted by Gasteiger charge is 2.09. The average Bonchev–Trinajstić information content (AvgIpc) is 2.61. The Bertz CT molecular complexity index is 847. The molecule has 0 spiro atoms. The quantitative estimate of drug-likeness (QED) is 0.485.